The van der Waals surface area contributed by atoms with Crippen molar-refractivity contribution in [3.63, 3.8) is 0 Å². The Hall–Kier alpha value is -2.26. The second kappa shape index (κ2) is 8.21. The molecule has 0 amide bonds. The van der Waals surface area contributed by atoms with E-state index < -0.39 is 0 Å². The normalized spacial score (nSPS) is 11.3. The Bertz CT molecular complexity index is 907. The summed E-state index contributed by atoms with van der Waals surface area (Å²) in [5.41, 5.74) is 0.582. The van der Waals surface area contributed by atoms with Gasteiger partial charge in [0.05, 0.1) is 16.7 Å². The van der Waals surface area contributed by atoms with Gasteiger partial charge in [-0.25, -0.2) is 9.67 Å². The number of hydrogen-bond acceptors (Lipinski definition) is 7. The number of hydrogen-bond donors (Lipinski definition) is 1. The van der Waals surface area contributed by atoms with E-state index in [1.807, 2.05) is 18.2 Å². The van der Waals surface area contributed by atoms with Crippen LogP contribution in [-0.4, -0.2) is 41.5 Å². The van der Waals surface area contributed by atoms with Crippen molar-refractivity contribution in [3.05, 3.63) is 40.4 Å². The Labute approximate surface area is 148 Å². The second-order valence-corrected chi connectivity index (χ2v) is 6.49. The van der Waals surface area contributed by atoms with Crippen molar-refractivity contribution < 1.29 is 5.11 Å². The number of aliphatic hydroxyl groups excluding tert-OH is 1. The molecule has 8 nitrogen and oxygen atoms in total. The maximum atomic E-state index is 12.8. The summed E-state index contributed by atoms with van der Waals surface area (Å²) in [5.74, 6) is 1.28. The number of fused-ring (bicyclic) bond motifs is 1. The molecule has 0 aliphatic rings. The SMILES string of the molecule is CCCn1nnnc1CSc1nc2ccccc2c(=O)n1CCCO. The van der Waals surface area contributed by atoms with Crippen LogP contribution in [0.15, 0.2) is 34.2 Å². The molecule has 3 aromatic rings. The molecule has 1 aromatic carbocycles. The predicted molar refractivity (Wildman–Crippen MR) is 95.4 cm³/mol. The molecular weight excluding hydrogens is 340 g/mol. The Morgan fingerprint density at radius 3 is 2.88 bits per heavy atom. The quantitative estimate of drug-likeness (QED) is 0.480. The smallest absolute Gasteiger partial charge is 0.262 e. The number of aryl methyl sites for hydroxylation is 1. The molecule has 132 valence electrons. The number of rotatable bonds is 8. The molecule has 1 N–H and O–H groups in total. The molecule has 0 spiro atoms. The molecule has 2 heterocycles. The van der Waals surface area contributed by atoms with Gasteiger partial charge in [0.15, 0.2) is 11.0 Å². The van der Waals surface area contributed by atoms with Gasteiger partial charge in [0.1, 0.15) is 0 Å². The van der Waals surface area contributed by atoms with Crippen molar-refractivity contribution in [2.24, 2.45) is 0 Å². The number of aromatic nitrogens is 6. The van der Waals surface area contributed by atoms with E-state index in [-0.39, 0.29) is 12.2 Å². The Balaban J connectivity index is 1.93. The summed E-state index contributed by atoms with van der Waals surface area (Å²) in [4.78, 5) is 17.4. The first kappa shape index (κ1) is 17.6. The van der Waals surface area contributed by atoms with E-state index >= 15 is 0 Å². The third-order valence-electron chi connectivity index (χ3n) is 3.74. The van der Waals surface area contributed by atoms with Crippen LogP contribution in [0.3, 0.4) is 0 Å². The first-order valence-electron chi connectivity index (χ1n) is 8.23. The first-order valence-corrected chi connectivity index (χ1v) is 9.21. The molecule has 2 aromatic heterocycles. The molecule has 0 saturated heterocycles. The van der Waals surface area contributed by atoms with Gasteiger partial charge in [-0.2, -0.15) is 0 Å². The molecule has 0 saturated carbocycles. The number of aliphatic hydroxyl groups is 1. The van der Waals surface area contributed by atoms with Crippen LogP contribution in [0.4, 0.5) is 0 Å². The van der Waals surface area contributed by atoms with Gasteiger partial charge in [0.2, 0.25) is 0 Å². The van der Waals surface area contributed by atoms with E-state index in [1.165, 1.54) is 11.8 Å². The maximum Gasteiger partial charge on any atom is 0.262 e. The summed E-state index contributed by atoms with van der Waals surface area (Å²) >= 11 is 1.43. The molecule has 0 aliphatic heterocycles. The largest absolute Gasteiger partial charge is 0.396 e. The van der Waals surface area contributed by atoms with Gasteiger partial charge < -0.3 is 5.11 Å². The van der Waals surface area contributed by atoms with Crippen molar-refractivity contribution in [1.29, 1.82) is 0 Å². The molecule has 0 bridgehead atoms. The van der Waals surface area contributed by atoms with Crippen LogP contribution >= 0.6 is 11.8 Å². The lowest BCUT2D eigenvalue weighted by atomic mass is 10.2. The highest BCUT2D eigenvalue weighted by molar-refractivity contribution is 7.98. The average Bonchev–Trinajstić information content (AvgIpc) is 3.07. The van der Waals surface area contributed by atoms with E-state index in [0.717, 1.165) is 18.8 Å². The number of nitrogens with zero attached hydrogens (tertiary/aromatic N) is 6. The van der Waals surface area contributed by atoms with Crippen LogP contribution < -0.4 is 5.56 Å². The van der Waals surface area contributed by atoms with Crippen molar-refractivity contribution in [2.45, 2.75) is 43.8 Å². The fourth-order valence-corrected chi connectivity index (χ4v) is 3.48. The summed E-state index contributed by atoms with van der Waals surface area (Å²) in [6.45, 7) is 3.27. The fraction of sp³-hybridized carbons (Fsp3) is 0.438. The first-order chi connectivity index (χ1) is 12.2. The topological polar surface area (TPSA) is 98.7 Å². The average molecular weight is 360 g/mol. The lowest BCUT2D eigenvalue weighted by molar-refractivity contribution is 0.276. The molecule has 25 heavy (non-hydrogen) atoms. The second-order valence-electron chi connectivity index (χ2n) is 5.55. The number of thioether (sulfide) groups is 1. The number of para-hydroxylation sites is 1. The van der Waals surface area contributed by atoms with Crippen LogP contribution in [0.1, 0.15) is 25.6 Å². The zero-order chi connectivity index (χ0) is 17.6. The molecule has 9 heteroatoms. The van der Waals surface area contributed by atoms with Gasteiger partial charge >= 0.3 is 0 Å². The third kappa shape index (κ3) is 3.88. The lowest BCUT2D eigenvalue weighted by Gasteiger charge is -2.12. The van der Waals surface area contributed by atoms with Crippen LogP contribution in [0.25, 0.3) is 10.9 Å². The maximum absolute atomic E-state index is 12.8. The van der Waals surface area contributed by atoms with Crippen LogP contribution in [0.5, 0.6) is 0 Å². The van der Waals surface area contributed by atoms with Gasteiger partial charge in [-0.15, -0.1) is 5.10 Å². The van der Waals surface area contributed by atoms with Crippen molar-refractivity contribution in [1.82, 2.24) is 29.8 Å². The molecule has 0 unspecified atom stereocenters. The summed E-state index contributed by atoms with van der Waals surface area (Å²) < 4.78 is 3.39. The van der Waals surface area contributed by atoms with Gasteiger partial charge in [-0.1, -0.05) is 30.8 Å². The summed E-state index contributed by atoms with van der Waals surface area (Å²) in [6, 6.07) is 7.30. The van der Waals surface area contributed by atoms with Gasteiger partial charge in [-0.3, -0.25) is 9.36 Å². The molecule has 0 radical (unpaired) electrons. The Morgan fingerprint density at radius 1 is 1.24 bits per heavy atom. The van der Waals surface area contributed by atoms with E-state index in [9.17, 15) is 4.79 Å². The fourth-order valence-electron chi connectivity index (χ4n) is 2.53. The van der Waals surface area contributed by atoms with E-state index in [1.54, 1.807) is 15.3 Å². The zero-order valence-electron chi connectivity index (χ0n) is 14.0. The summed E-state index contributed by atoms with van der Waals surface area (Å²) in [5, 5.41) is 22.1. The third-order valence-corrected chi connectivity index (χ3v) is 4.71. The van der Waals surface area contributed by atoms with Gasteiger partial charge in [0.25, 0.3) is 5.56 Å². The van der Waals surface area contributed by atoms with Crippen molar-refractivity contribution in [3.8, 4) is 0 Å². The monoisotopic (exact) mass is 360 g/mol. The Morgan fingerprint density at radius 2 is 2.08 bits per heavy atom. The minimum Gasteiger partial charge on any atom is -0.396 e. The molecule has 3 rings (SSSR count). The molecule has 0 atom stereocenters. The minimum absolute atomic E-state index is 0.0259. The van der Waals surface area contributed by atoms with Crippen LogP contribution in [-0.2, 0) is 18.8 Å². The van der Waals surface area contributed by atoms with Crippen molar-refractivity contribution in [2.75, 3.05) is 6.61 Å². The molecule has 0 fully saturated rings. The predicted octanol–water partition coefficient (Wildman–Crippen LogP) is 1.47. The van der Waals surface area contributed by atoms with E-state index in [0.29, 0.717) is 34.8 Å². The molecule has 0 aliphatic carbocycles. The zero-order valence-corrected chi connectivity index (χ0v) is 14.8. The standard InChI is InChI=1S/C16H20N6O2S/c1-2-8-22-14(18-19-20-22)11-25-16-17-13-7-4-3-6-12(13)15(24)21(16)9-5-10-23/h3-4,6-7,23H,2,5,8-11H2,1H3. The minimum atomic E-state index is -0.0882. The van der Waals surface area contributed by atoms with Crippen LogP contribution in [0.2, 0.25) is 0 Å². The highest BCUT2D eigenvalue weighted by atomic mass is 32.2. The van der Waals surface area contributed by atoms with Crippen molar-refractivity contribution >= 4 is 22.7 Å². The highest BCUT2D eigenvalue weighted by Crippen LogP contribution is 2.21. The molecular formula is C16H20N6O2S. The number of benzene rings is 1. The lowest BCUT2D eigenvalue weighted by Crippen LogP contribution is -2.24. The van der Waals surface area contributed by atoms with Gasteiger partial charge in [-0.05, 0) is 35.4 Å². The van der Waals surface area contributed by atoms with Gasteiger partial charge in [0, 0.05) is 19.7 Å². The Kier molecular flexibility index (Phi) is 5.77. The van der Waals surface area contributed by atoms with E-state index in [4.69, 9.17) is 5.11 Å². The highest BCUT2D eigenvalue weighted by Gasteiger charge is 2.13. The van der Waals surface area contributed by atoms with Crippen LogP contribution in [0, 0.1) is 0 Å². The number of tetrazole rings is 1. The summed E-state index contributed by atoms with van der Waals surface area (Å²) in [6.07, 6.45) is 1.44. The summed E-state index contributed by atoms with van der Waals surface area (Å²) in [7, 11) is 0. The van der Waals surface area contributed by atoms with E-state index in [2.05, 4.69) is 27.4 Å².